The van der Waals surface area contributed by atoms with Crippen molar-refractivity contribution in [3.05, 3.63) is 96.1 Å². The van der Waals surface area contributed by atoms with Crippen molar-refractivity contribution in [3.8, 4) is 16.9 Å². The van der Waals surface area contributed by atoms with Gasteiger partial charge in [-0.3, -0.25) is 4.79 Å². The third-order valence-electron chi connectivity index (χ3n) is 4.48. The number of nitrogens with zero attached hydrogens (tertiary/aromatic N) is 3. The van der Waals surface area contributed by atoms with Crippen LogP contribution in [0.1, 0.15) is 22.8 Å². The first-order valence-electron chi connectivity index (χ1n) is 9.23. The molecule has 5 heteroatoms. The van der Waals surface area contributed by atoms with E-state index in [1.54, 1.807) is 16.9 Å². The van der Waals surface area contributed by atoms with Crippen LogP contribution in [0.25, 0.3) is 16.9 Å². The number of rotatable bonds is 5. The molecule has 0 atom stereocenters. The number of hydrogen-bond acceptors (Lipinski definition) is 3. The Hall–Kier alpha value is -3.73. The highest BCUT2D eigenvalue weighted by Gasteiger charge is 2.17. The van der Waals surface area contributed by atoms with Crippen LogP contribution in [0.15, 0.2) is 84.9 Å². The lowest BCUT2D eigenvalue weighted by molar-refractivity contribution is 0.102. The van der Waals surface area contributed by atoms with Crippen molar-refractivity contribution in [2.45, 2.75) is 13.3 Å². The number of carbonyl (C=O) groups is 1. The first kappa shape index (κ1) is 17.7. The van der Waals surface area contributed by atoms with Gasteiger partial charge in [0.25, 0.3) is 5.91 Å². The van der Waals surface area contributed by atoms with Gasteiger partial charge in [0.1, 0.15) is 5.69 Å². The molecule has 0 radical (unpaired) electrons. The molecule has 4 rings (SSSR count). The van der Waals surface area contributed by atoms with Gasteiger partial charge < -0.3 is 5.32 Å². The summed E-state index contributed by atoms with van der Waals surface area (Å²) < 4.78 is 0. The molecule has 0 aliphatic rings. The van der Waals surface area contributed by atoms with Gasteiger partial charge in [-0.25, -0.2) is 0 Å². The number of aromatic nitrogens is 3. The molecule has 138 valence electrons. The van der Waals surface area contributed by atoms with Crippen LogP contribution in [0.5, 0.6) is 0 Å². The van der Waals surface area contributed by atoms with Crippen LogP contribution >= 0.6 is 0 Å². The summed E-state index contributed by atoms with van der Waals surface area (Å²) in [5.74, 6) is 0.217. The van der Waals surface area contributed by atoms with Crippen LogP contribution in [0, 0.1) is 0 Å². The maximum atomic E-state index is 12.7. The molecule has 1 heterocycles. The highest BCUT2D eigenvalue weighted by atomic mass is 16.1. The third kappa shape index (κ3) is 3.69. The first-order chi connectivity index (χ1) is 13.7. The summed E-state index contributed by atoms with van der Waals surface area (Å²) in [4.78, 5) is 14.2. The van der Waals surface area contributed by atoms with Crippen LogP contribution in [0.2, 0.25) is 0 Å². The molecular formula is C23H20N4O. The van der Waals surface area contributed by atoms with Crippen LogP contribution in [0.3, 0.4) is 0 Å². The number of hydrogen-bond donors (Lipinski definition) is 1. The third-order valence-corrected chi connectivity index (χ3v) is 4.48. The van der Waals surface area contributed by atoms with Gasteiger partial charge in [0.15, 0.2) is 5.82 Å². The van der Waals surface area contributed by atoms with Crippen molar-refractivity contribution < 1.29 is 4.79 Å². The maximum absolute atomic E-state index is 12.7. The Morgan fingerprint density at radius 1 is 0.893 bits per heavy atom. The van der Waals surface area contributed by atoms with Crippen LogP contribution < -0.4 is 5.32 Å². The van der Waals surface area contributed by atoms with Gasteiger partial charge in [0, 0.05) is 11.1 Å². The average molecular weight is 368 g/mol. The number of anilines is 1. The minimum Gasteiger partial charge on any atom is -0.303 e. The van der Waals surface area contributed by atoms with Crippen LogP contribution in [0.4, 0.5) is 5.82 Å². The highest BCUT2D eigenvalue weighted by molar-refractivity contribution is 6.05. The Balaban J connectivity index is 1.75. The molecule has 4 aromatic rings. The molecule has 0 spiro atoms. The fraction of sp³-hybridized carbons (Fsp3) is 0.0870. The van der Waals surface area contributed by atoms with E-state index < -0.39 is 0 Å². The van der Waals surface area contributed by atoms with E-state index in [4.69, 9.17) is 0 Å². The molecule has 1 N–H and O–H groups in total. The molecule has 0 aliphatic heterocycles. The van der Waals surface area contributed by atoms with Gasteiger partial charge in [0.2, 0.25) is 0 Å². The molecule has 1 amide bonds. The summed E-state index contributed by atoms with van der Waals surface area (Å²) in [6.45, 7) is 2.11. The summed E-state index contributed by atoms with van der Waals surface area (Å²) in [6, 6.07) is 26.9. The fourth-order valence-corrected chi connectivity index (χ4v) is 2.97. The zero-order valence-corrected chi connectivity index (χ0v) is 15.5. The largest absolute Gasteiger partial charge is 0.303 e. The topological polar surface area (TPSA) is 59.8 Å². The second-order valence-corrected chi connectivity index (χ2v) is 6.40. The van der Waals surface area contributed by atoms with Crippen molar-refractivity contribution >= 4 is 11.7 Å². The molecular weight excluding hydrogens is 348 g/mol. The zero-order chi connectivity index (χ0) is 19.3. The Morgan fingerprint density at radius 3 is 2.32 bits per heavy atom. The van der Waals surface area contributed by atoms with Gasteiger partial charge in [-0.1, -0.05) is 67.6 Å². The molecule has 1 aromatic heterocycles. The molecule has 0 unspecified atom stereocenters. The summed E-state index contributed by atoms with van der Waals surface area (Å²) in [5.41, 5.74) is 4.15. The van der Waals surface area contributed by atoms with Gasteiger partial charge in [-0.05, 0) is 36.2 Å². The molecule has 0 bridgehead atoms. The van der Waals surface area contributed by atoms with E-state index in [2.05, 4.69) is 34.6 Å². The predicted octanol–water partition coefficient (Wildman–Crippen LogP) is 4.75. The zero-order valence-electron chi connectivity index (χ0n) is 15.5. The van der Waals surface area contributed by atoms with E-state index in [0.29, 0.717) is 17.1 Å². The number of amides is 1. The van der Waals surface area contributed by atoms with E-state index in [-0.39, 0.29) is 5.91 Å². The van der Waals surface area contributed by atoms with Crippen molar-refractivity contribution in [1.82, 2.24) is 15.0 Å². The van der Waals surface area contributed by atoms with Crippen molar-refractivity contribution in [3.63, 3.8) is 0 Å². The van der Waals surface area contributed by atoms with E-state index in [1.807, 2.05) is 60.7 Å². The lowest BCUT2D eigenvalue weighted by atomic mass is 10.1. The number of aryl methyl sites for hydroxylation is 1. The van der Waals surface area contributed by atoms with E-state index in [1.165, 1.54) is 5.56 Å². The summed E-state index contributed by atoms with van der Waals surface area (Å²) >= 11 is 0. The van der Waals surface area contributed by atoms with Crippen molar-refractivity contribution in [2.24, 2.45) is 0 Å². The number of benzene rings is 3. The van der Waals surface area contributed by atoms with E-state index in [0.717, 1.165) is 17.7 Å². The molecule has 28 heavy (non-hydrogen) atoms. The minimum atomic E-state index is -0.216. The Bertz CT molecular complexity index is 1090. The number of carbonyl (C=O) groups excluding carboxylic acids is 1. The van der Waals surface area contributed by atoms with E-state index >= 15 is 0 Å². The van der Waals surface area contributed by atoms with Gasteiger partial charge in [-0.15, -0.1) is 15.0 Å². The van der Waals surface area contributed by atoms with E-state index in [9.17, 15) is 4.79 Å². The lowest BCUT2D eigenvalue weighted by Gasteiger charge is -2.04. The standard InChI is InChI=1S/C23H20N4O/c1-2-17-10-9-15-20(16-17)27-25-21(18-11-5-3-6-12-18)22(26-27)24-23(28)19-13-7-4-8-14-19/h3-16H,2H2,1H3,(H,24,26,28). The summed E-state index contributed by atoms with van der Waals surface area (Å²) in [7, 11) is 0. The highest BCUT2D eigenvalue weighted by Crippen LogP contribution is 2.26. The van der Waals surface area contributed by atoms with Gasteiger partial charge in [-0.2, -0.15) is 0 Å². The smallest absolute Gasteiger partial charge is 0.256 e. The van der Waals surface area contributed by atoms with Crippen molar-refractivity contribution in [1.29, 1.82) is 0 Å². The predicted molar refractivity (Wildman–Crippen MR) is 111 cm³/mol. The molecule has 0 saturated heterocycles. The fourth-order valence-electron chi connectivity index (χ4n) is 2.97. The second-order valence-electron chi connectivity index (χ2n) is 6.40. The molecule has 3 aromatic carbocycles. The minimum absolute atomic E-state index is 0.216. The SMILES string of the molecule is CCc1cccc(-n2nc(NC(=O)c3ccccc3)c(-c3ccccc3)n2)c1. The Labute approximate surface area is 163 Å². The second kappa shape index (κ2) is 7.88. The normalized spacial score (nSPS) is 10.6. The lowest BCUT2D eigenvalue weighted by Crippen LogP contribution is -2.13. The van der Waals surface area contributed by atoms with Crippen LogP contribution in [-0.2, 0) is 6.42 Å². The van der Waals surface area contributed by atoms with Gasteiger partial charge >= 0.3 is 0 Å². The Kier molecular flexibility index (Phi) is 4.97. The monoisotopic (exact) mass is 368 g/mol. The van der Waals surface area contributed by atoms with Crippen LogP contribution in [-0.4, -0.2) is 20.9 Å². The molecule has 0 aliphatic carbocycles. The average Bonchev–Trinajstić information content (AvgIpc) is 3.19. The molecule has 0 fully saturated rings. The quantitative estimate of drug-likeness (QED) is 0.553. The number of nitrogens with one attached hydrogen (secondary N) is 1. The summed E-state index contributed by atoms with van der Waals surface area (Å²) in [5, 5.41) is 12.1. The Morgan fingerprint density at radius 2 is 1.61 bits per heavy atom. The maximum Gasteiger partial charge on any atom is 0.256 e. The molecule has 0 saturated carbocycles. The summed E-state index contributed by atoms with van der Waals surface area (Å²) in [6.07, 6.45) is 0.929. The van der Waals surface area contributed by atoms with Gasteiger partial charge in [0.05, 0.1) is 5.69 Å². The molecule has 5 nitrogen and oxygen atoms in total. The van der Waals surface area contributed by atoms with Crippen molar-refractivity contribution in [2.75, 3.05) is 5.32 Å². The first-order valence-corrected chi connectivity index (χ1v) is 9.23.